The van der Waals surface area contributed by atoms with E-state index in [4.69, 9.17) is 13.9 Å². The number of benzene rings is 1. The molecule has 192 valence electrons. The lowest BCUT2D eigenvalue weighted by Crippen LogP contribution is -2.56. The first-order valence-corrected chi connectivity index (χ1v) is 11.0. The lowest BCUT2D eigenvalue weighted by Gasteiger charge is -2.44. The Kier molecular flexibility index (Phi) is 5.51. The number of ether oxygens (including phenoxy) is 2. The maximum absolute atomic E-state index is 15.6. The van der Waals surface area contributed by atoms with Gasteiger partial charge in [-0.15, -0.1) is 0 Å². The summed E-state index contributed by atoms with van der Waals surface area (Å²) in [6.07, 6.45) is -6.57. The van der Waals surface area contributed by atoms with E-state index >= 15 is 8.78 Å². The summed E-state index contributed by atoms with van der Waals surface area (Å²) < 4.78 is 117. The van der Waals surface area contributed by atoms with Crippen LogP contribution >= 0.6 is 0 Å². The topological polar surface area (TPSA) is 63.9 Å². The first-order chi connectivity index (χ1) is 16.3. The van der Waals surface area contributed by atoms with Gasteiger partial charge in [-0.25, -0.2) is 17.6 Å². The third-order valence-electron chi connectivity index (χ3n) is 6.77. The molecule has 1 atom stereocenters. The van der Waals surface area contributed by atoms with Crippen molar-refractivity contribution >= 4 is 22.6 Å². The molecule has 2 fully saturated rings. The molecular weight excluding hydrogens is 489 g/mol. The summed E-state index contributed by atoms with van der Waals surface area (Å²) in [6.45, 7) is -1.45. The molecule has 6 nitrogen and oxygen atoms in total. The zero-order valence-electron chi connectivity index (χ0n) is 18.2. The molecule has 1 N–H and O–H groups in total. The highest BCUT2D eigenvalue weighted by atomic mass is 19.4. The van der Waals surface area contributed by atoms with E-state index in [2.05, 4.69) is 5.32 Å². The maximum atomic E-state index is 15.6. The third-order valence-corrected chi connectivity index (χ3v) is 6.77. The zero-order chi connectivity index (χ0) is 25.2. The van der Waals surface area contributed by atoms with Gasteiger partial charge >= 0.3 is 6.18 Å². The van der Waals surface area contributed by atoms with Crippen molar-refractivity contribution in [3.8, 4) is 0 Å². The predicted molar refractivity (Wildman–Crippen MR) is 108 cm³/mol. The Hall–Kier alpha value is -2.54. The molecule has 5 rings (SSSR count). The molecule has 1 unspecified atom stereocenters. The van der Waals surface area contributed by atoms with Crippen molar-refractivity contribution in [3.63, 3.8) is 0 Å². The van der Waals surface area contributed by atoms with Crippen LogP contribution < -0.4 is 10.2 Å². The van der Waals surface area contributed by atoms with E-state index in [1.807, 2.05) is 0 Å². The fourth-order valence-electron chi connectivity index (χ4n) is 5.06. The molecule has 3 heterocycles. The van der Waals surface area contributed by atoms with Crippen molar-refractivity contribution in [3.05, 3.63) is 29.5 Å². The highest BCUT2D eigenvalue weighted by Gasteiger charge is 2.62. The first-order valence-electron chi connectivity index (χ1n) is 11.0. The average Bonchev–Trinajstić information content (AvgIpc) is 3.35. The maximum Gasteiger partial charge on any atom is 0.416 e. The second kappa shape index (κ2) is 7.99. The van der Waals surface area contributed by atoms with E-state index in [0.29, 0.717) is 6.07 Å². The summed E-state index contributed by atoms with van der Waals surface area (Å²) in [5.41, 5.74) is -1.48. The molecule has 2 aromatic rings. The van der Waals surface area contributed by atoms with Crippen LogP contribution in [0.2, 0.25) is 0 Å². The molecule has 0 radical (unpaired) electrons. The van der Waals surface area contributed by atoms with Crippen LogP contribution in [0.25, 0.3) is 11.0 Å². The van der Waals surface area contributed by atoms with Crippen molar-refractivity contribution in [1.82, 2.24) is 5.32 Å². The molecule has 35 heavy (non-hydrogen) atoms. The highest BCUT2D eigenvalue weighted by Crippen LogP contribution is 2.52. The lowest BCUT2D eigenvalue weighted by molar-refractivity contribution is -0.269. The number of rotatable bonds is 3. The van der Waals surface area contributed by atoms with Crippen molar-refractivity contribution in [2.24, 2.45) is 5.92 Å². The van der Waals surface area contributed by atoms with Gasteiger partial charge in [0.05, 0.1) is 36.9 Å². The Morgan fingerprint density at radius 2 is 1.80 bits per heavy atom. The fourth-order valence-corrected chi connectivity index (χ4v) is 5.06. The molecule has 13 heteroatoms. The minimum absolute atomic E-state index is 0.107. The average molecular weight is 510 g/mol. The SMILES string of the molecule is O=C1NCCN(CC(F)(F)C2CC3(CCC2(F)F)OCCO3)c2c1oc1ccc(C(F)(F)F)cc21. The van der Waals surface area contributed by atoms with Gasteiger partial charge in [-0.1, -0.05) is 0 Å². The van der Waals surface area contributed by atoms with E-state index < -0.39 is 66.3 Å². The number of anilines is 1. The zero-order valence-corrected chi connectivity index (χ0v) is 18.2. The molecule has 1 saturated heterocycles. The summed E-state index contributed by atoms with van der Waals surface area (Å²) in [6, 6.07) is 2.43. The van der Waals surface area contributed by atoms with Gasteiger partial charge in [0.2, 0.25) is 5.76 Å². The lowest BCUT2D eigenvalue weighted by atomic mass is 9.77. The van der Waals surface area contributed by atoms with E-state index in [0.717, 1.165) is 17.0 Å². The van der Waals surface area contributed by atoms with Gasteiger partial charge in [0.25, 0.3) is 17.8 Å². The summed E-state index contributed by atoms with van der Waals surface area (Å²) in [7, 11) is 0. The summed E-state index contributed by atoms with van der Waals surface area (Å²) in [5.74, 6) is -13.0. The number of fused-ring (bicyclic) bond motifs is 3. The fraction of sp³-hybridized carbons (Fsp3) is 0.591. The Balaban J connectivity index is 1.53. The van der Waals surface area contributed by atoms with E-state index in [1.54, 1.807) is 0 Å². The van der Waals surface area contributed by atoms with Gasteiger partial charge in [0.15, 0.2) is 5.79 Å². The minimum atomic E-state index is -4.74. The van der Waals surface area contributed by atoms with Gasteiger partial charge in [0.1, 0.15) is 5.58 Å². The quantitative estimate of drug-likeness (QED) is 0.601. The van der Waals surface area contributed by atoms with Gasteiger partial charge in [0, 0.05) is 37.7 Å². The number of nitrogens with zero attached hydrogens (tertiary/aromatic N) is 1. The number of carbonyl (C=O) groups excluding carboxylic acids is 1. The molecule has 1 spiro atoms. The van der Waals surface area contributed by atoms with Crippen LogP contribution in [0.15, 0.2) is 22.6 Å². The van der Waals surface area contributed by atoms with Gasteiger partial charge in [-0.05, 0) is 18.2 Å². The van der Waals surface area contributed by atoms with Crippen molar-refractivity contribution < 1.29 is 49.4 Å². The third kappa shape index (κ3) is 4.22. The molecule has 1 aromatic heterocycles. The second-order valence-corrected chi connectivity index (χ2v) is 9.05. The molecule has 2 aliphatic heterocycles. The standard InChI is InChI=1S/C22H21F7N2O4/c23-20(24)4-3-19(33-7-8-34-19)10-15(20)21(25,26)11-31-6-5-30-18(32)17-16(31)13-9-12(22(27,28)29)1-2-14(13)35-17/h1-2,9,15H,3-8,10-11H2,(H,30,32). The Morgan fingerprint density at radius 1 is 1.09 bits per heavy atom. The molecule has 1 aromatic carbocycles. The van der Waals surface area contributed by atoms with E-state index in [-0.39, 0.29) is 49.4 Å². The van der Waals surface area contributed by atoms with Crippen LogP contribution in [-0.2, 0) is 15.7 Å². The van der Waals surface area contributed by atoms with Gasteiger partial charge in [-0.3, -0.25) is 4.79 Å². The van der Waals surface area contributed by atoms with Crippen LogP contribution in [0.3, 0.4) is 0 Å². The number of hydrogen-bond acceptors (Lipinski definition) is 5. The molecule has 0 bridgehead atoms. The number of carbonyl (C=O) groups is 1. The van der Waals surface area contributed by atoms with E-state index in [1.165, 1.54) is 0 Å². The summed E-state index contributed by atoms with van der Waals surface area (Å²) in [4.78, 5) is 13.4. The predicted octanol–water partition coefficient (Wildman–Crippen LogP) is 4.82. The molecule has 1 saturated carbocycles. The monoisotopic (exact) mass is 510 g/mol. The molecule has 1 amide bonds. The number of furan rings is 1. The van der Waals surface area contributed by atoms with Gasteiger partial charge < -0.3 is 24.1 Å². The molecule has 1 aliphatic carbocycles. The Bertz CT molecular complexity index is 1140. The van der Waals surface area contributed by atoms with Crippen molar-refractivity contribution in [2.45, 2.75) is 43.1 Å². The number of halogens is 7. The first kappa shape index (κ1) is 24.2. The summed E-state index contributed by atoms with van der Waals surface area (Å²) >= 11 is 0. The largest absolute Gasteiger partial charge is 0.449 e. The van der Waals surface area contributed by atoms with Crippen molar-refractivity contribution in [1.29, 1.82) is 0 Å². The minimum Gasteiger partial charge on any atom is -0.449 e. The number of amides is 1. The Morgan fingerprint density at radius 3 is 2.49 bits per heavy atom. The number of hydrogen-bond donors (Lipinski definition) is 1. The normalized spacial score (nSPS) is 24.5. The number of alkyl halides is 7. The Labute approximate surface area is 194 Å². The molecular formula is C22H21F7N2O4. The van der Waals surface area contributed by atoms with E-state index in [9.17, 15) is 26.7 Å². The number of nitrogens with one attached hydrogen (secondary N) is 1. The van der Waals surface area contributed by atoms with Crippen LogP contribution in [0.1, 0.15) is 35.4 Å². The molecule has 3 aliphatic rings. The van der Waals surface area contributed by atoms with Gasteiger partial charge in [-0.2, -0.15) is 13.2 Å². The smallest absolute Gasteiger partial charge is 0.416 e. The second-order valence-electron chi connectivity index (χ2n) is 9.05. The van der Waals surface area contributed by atoms with Crippen molar-refractivity contribution in [2.75, 3.05) is 37.7 Å². The van der Waals surface area contributed by atoms with Crippen LogP contribution in [0.4, 0.5) is 36.4 Å². The van der Waals surface area contributed by atoms with Crippen LogP contribution in [0.5, 0.6) is 0 Å². The van der Waals surface area contributed by atoms with Crippen LogP contribution in [0, 0.1) is 5.92 Å². The van der Waals surface area contributed by atoms with Crippen LogP contribution in [-0.4, -0.2) is 56.4 Å². The highest BCUT2D eigenvalue weighted by molar-refractivity contribution is 6.07. The summed E-state index contributed by atoms with van der Waals surface area (Å²) in [5, 5.41) is 2.22.